The van der Waals surface area contributed by atoms with Crippen LogP contribution in [0.1, 0.15) is 36.7 Å². The van der Waals surface area contributed by atoms with Gasteiger partial charge >= 0.3 is 0 Å². The third-order valence-corrected chi connectivity index (χ3v) is 4.15. The molecule has 3 rings (SSSR count). The minimum absolute atomic E-state index is 0. The second kappa shape index (κ2) is 7.62. The molecule has 1 amide bonds. The number of hydrogen-bond acceptors (Lipinski definition) is 3. The Labute approximate surface area is 141 Å². The van der Waals surface area contributed by atoms with Crippen molar-refractivity contribution in [2.45, 2.75) is 26.2 Å². The van der Waals surface area contributed by atoms with Gasteiger partial charge in [-0.25, -0.2) is 0 Å². The van der Waals surface area contributed by atoms with E-state index in [2.05, 4.69) is 5.32 Å². The minimum atomic E-state index is -0.184. The van der Waals surface area contributed by atoms with E-state index in [1.807, 2.05) is 18.2 Å². The summed E-state index contributed by atoms with van der Waals surface area (Å²) in [7, 11) is 0. The summed E-state index contributed by atoms with van der Waals surface area (Å²) in [5, 5.41) is 3.66. The predicted molar refractivity (Wildman–Crippen MR) is 84.3 cm³/mol. The van der Waals surface area contributed by atoms with E-state index in [-0.39, 0.29) is 29.9 Å². The molecule has 2 heterocycles. The number of amides is 1. The smallest absolute Gasteiger partial charge is 0.279 e. The Hall–Kier alpha value is -1.85. The molecule has 6 heteroatoms. The zero-order chi connectivity index (χ0) is 15.5. The summed E-state index contributed by atoms with van der Waals surface area (Å²) in [5.74, 6) is -0.0223. The highest BCUT2D eigenvalue weighted by molar-refractivity contribution is 6.10. The quantitative estimate of drug-likeness (QED) is 0.678. The Kier molecular flexibility index (Phi) is 5.80. The van der Waals surface area contributed by atoms with Crippen LogP contribution >= 0.6 is 0 Å². The van der Waals surface area contributed by atoms with Crippen LogP contribution in [0.4, 0.5) is 5.69 Å². The normalized spacial score (nSPS) is 15.2. The Bertz CT molecular complexity index is 705. The number of carbonyl (C=O) groups is 2. The number of nitrogens with one attached hydrogen (secondary N) is 2. The van der Waals surface area contributed by atoms with Gasteiger partial charge in [-0.2, -0.15) is 0 Å². The molecule has 0 spiro atoms. The number of likely N-dealkylation sites (tertiary alicyclic amines) is 1. The average molecular weight is 337 g/mol. The van der Waals surface area contributed by atoms with Crippen LogP contribution in [0.3, 0.4) is 0 Å². The standard InChI is InChI=1S/C17H20N2O3.ClH/c1-12(20)17-16(13-7-3-4-8-14(13)22-17)18-15(21)11-19-9-5-2-6-10-19;/h3-4,7-8H,2,5-6,9-11H2,1H3,(H,18,21);1H. The molecule has 0 saturated carbocycles. The van der Waals surface area contributed by atoms with Crippen molar-refractivity contribution in [3.63, 3.8) is 0 Å². The summed E-state index contributed by atoms with van der Waals surface area (Å²) in [4.78, 5) is 25.4. The lowest BCUT2D eigenvalue weighted by molar-refractivity contribution is -0.896. The van der Waals surface area contributed by atoms with Gasteiger partial charge < -0.3 is 27.0 Å². The first-order valence-electron chi connectivity index (χ1n) is 7.81. The highest BCUT2D eigenvalue weighted by Gasteiger charge is 2.22. The SMILES string of the molecule is CC(=O)c1oc2ccccc2c1NC(=O)C[NH+]1CCCCC1.[Cl-]. The summed E-state index contributed by atoms with van der Waals surface area (Å²) in [6, 6.07) is 7.37. The van der Waals surface area contributed by atoms with E-state index < -0.39 is 0 Å². The van der Waals surface area contributed by atoms with E-state index in [4.69, 9.17) is 4.42 Å². The first kappa shape index (κ1) is 17.5. The number of piperidine rings is 1. The highest BCUT2D eigenvalue weighted by Crippen LogP contribution is 2.30. The number of para-hydroxylation sites is 1. The fourth-order valence-corrected chi connectivity index (χ4v) is 3.06. The number of Topliss-reactive ketones (excluding diaryl/α,β-unsaturated/α-hetero) is 1. The summed E-state index contributed by atoms with van der Waals surface area (Å²) >= 11 is 0. The molecular formula is C17H21ClN2O3. The van der Waals surface area contributed by atoms with Gasteiger partial charge in [-0.3, -0.25) is 9.59 Å². The second-order valence-corrected chi connectivity index (χ2v) is 5.89. The Balaban J connectivity index is 0.00000192. The largest absolute Gasteiger partial charge is 1.00 e. The third-order valence-electron chi connectivity index (χ3n) is 4.15. The summed E-state index contributed by atoms with van der Waals surface area (Å²) in [5.41, 5.74) is 1.12. The number of ketones is 1. The topological polar surface area (TPSA) is 63.8 Å². The van der Waals surface area contributed by atoms with Crippen molar-refractivity contribution in [3.05, 3.63) is 30.0 Å². The Morgan fingerprint density at radius 1 is 1.17 bits per heavy atom. The fourth-order valence-electron chi connectivity index (χ4n) is 3.06. The third kappa shape index (κ3) is 3.92. The predicted octanol–water partition coefficient (Wildman–Crippen LogP) is -1.35. The molecule has 2 N–H and O–H groups in total. The number of benzene rings is 1. The monoisotopic (exact) mass is 336 g/mol. The van der Waals surface area contributed by atoms with Gasteiger partial charge in [0.2, 0.25) is 0 Å². The number of hydrogen-bond donors (Lipinski definition) is 2. The molecule has 2 aromatic rings. The molecule has 1 saturated heterocycles. The van der Waals surface area contributed by atoms with Gasteiger partial charge in [0.15, 0.2) is 18.1 Å². The summed E-state index contributed by atoms with van der Waals surface area (Å²) < 4.78 is 5.58. The lowest BCUT2D eigenvalue weighted by Crippen LogP contribution is -3.13. The van der Waals surface area contributed by atoms with Gasteiger partial charge in [0.05, 0.1) is 18.8 Å². The van der Waals surface area contributed by atoms with Crippen molar-refractivity contribution < 1.29 is 31.3 Å². The maximum absolute atomic E-state index is 12.3. The molecule has 0 aliphatic carbocycles. The van der Waals surface area contributed by atoms with E-state index in [0.717, 1.165) is 18.5 Å². The van der Waals surface area contributed by atoms with E-state index in [1.165, 1.54) is 31.1 Å². The summed E-state index contributed by atoms with van der Waals surface area (Å²) in [6.45, 7) is 3.97. The molecular weight excluding hydrogens is 316 g/mol. The van der Waals surface area contributed by atoms with Crippen LogP contribution in [0.2, 0.25) is 0 Å². The number of fused-ring (bicyclic) bond motifs is 1. The van der Waals surface area contributed by atoms with Crippen molar-refractivity contribution in [1.82, 2.24) is 0 Å². The van der Waals surface area contributed by atoms with Crippen LogP contribution in [0.5, 0.6) is 0 Å². The van der Waals surface area contributed by atoms with Crippen molar-refractivity contribution in [2.75, 3.05) is 25.0 Å². The molecule has 1 aromatic carbocycles. The molecule has 5 nitrogen and oxygen atoms in total. The van der Waals surface area contributed by atoms with E-state index >= 15 is 0 Å². The lowest BCUT2D eigenvalue weighted by Gasteiger charge is -2.22. The van der Waals surface area contributed by atoms with Crippen LogP contribution < -0.4 is 22.6 Å². The van der Waals surface area contributed by atoms with Crippen LogP contribution in [0.15, 0.2) is 28.7 Å². The zero-order valence-electron chi connectivity index (χ0n) is 13.2. The van der Waals surface area contributed by atoms with Gasteiger partial charge in [0, 0.05) is 12.3 Å². The number of anilines is 1. The zero-order valence-corrected chi connectivity index (χ0v) is 13.9. The molecule has 124 valence electrons. The van der Waals surface area contributed by atoms with Gasteiger partial charge in [-0.05, 0) is 31.4 Å². The summed E-state index contributed by atoms with van der Waals surface area (Å²) in [6.07, 6.45) is 3.61. The molecule has 1 aliphatic rings. The maximum atomic E-state index is 12.3. The van der Waals surface area contributed by atoms with Crippen molar-refractivity contribution >= 4 is 28.3 Å². The van der Waals surface area contributed by atoms with Gasteiger partial charge in [-0.15, -0.1) is 0 Å². The van der Waals surface area contributed by atoms with Crippen LogP contribution in [0, 0.1) is 0 Å². The maximum Gasteiger partial charge on any atom is 0.279 e. The van der Waals surface area contributed by atoms with E-state index in [9.17, 15) is 9.59 Å². The molecule has 0 unspecified atom stereocenters. The van der Waals surface area contributed by atoms with Crippen LogP contribution in [0.25, 0.3) is 11.0 Å². The van der Waals surface area contributed by atoms with Crippen molar-refractivity contribution in [1.29, 1.82) is 0 Å². The lowest BCUT2D eigenvalue weighted by atomic mass is 10.1. The first-order chi connectivity index (χ1) is 10.6. The van der Waals surface area contributed by atoms with Crippen molar-refractivity contribution in [2.24, 2.45) is 0 Å². The van der Waals surface area contributed by atoms with Gasteiger partial charge in [-0.1, -0.05) is 12.1 Å². The number of carbonyl (C=O) groups excluding carboxylic acids is 2. The van der Waals surface area contributed by atoms with Crippen LogP contribution in [-0.4, -0.2) is 31.3 Å². The number of rotatable bonds is 4. The number of halogens is 1. The molecule has 0 bridgehead atoms. The molecule has 0 radical (unpaired) electrons. The second-order valence-electron chi connectivity index (χ2n) is 5.89. The van der Waals surface area contributed by atoms with E-state index in [0.29, 0.717) is 17.8 Å². The molecule has 1 aliphatic heterocycles. The first-order valence-corrected chi connectivity index (χ1v) is 7.81. The average Bonchev–Trinajstić information content (AvgIpc) is 2.87. The highest BCUT2D eigenvalue weighted by atomic mass is 35.5. The molecule has 0 atom stereocenters. The van der Waals surface area contributed by atoms with Gasteiger partial charge in [0.25, 0.3) is 5.91 Å². The Morgan fingerprint density at radius 2 is 1.87 bits per heavy atom. The Morgan fingerprint density at radius 3 is 2.57 bits per heavy atom. The van der Waals surface area contributed by atoms with E-state index in [1.54, 1.807) is 6.07 Å². The molecule has 23 heavy (non-hydrogen) atoms. The van der Waals surface area contributed by atoms with Crippen molar-refractivity contribution in [3.8, 4) is 0 Å². The minimum Gasteiger partial charge on any atom is -1.00 e. The number of quaternary nitrogens is 1. The fraction of sp³-hybridized carbons (Fsp3) is 0.412. The van der Waals surface area contributed by atoms with Gasteiger partial charge in [0.1, 0.15) is 5.58 Å². The molecule has 1 aromatic heterocycles. The van der Waals surface area contributed by atoms with Crippen LogP contribution in [-0.2, 0) is 4.79 Å². The number of furan rings is 1. The molecule has 1 fully saturated rings.